The normalized spacial score (nSPS) is 16.4. The Morgan fingerprint density at radius 3 is 2.47 bits per heavy atom. The van der Waals surface area contributed by atoms with E-state index in [2.05, 4.69) is 0 Å². The van der Waals surface area contributed by atoms with Gasteiger partial charge in [0.15, 0.2) is 0 Å². The molecular formula is C11H12N2O3S. The van der Waals surface area contributed by atoms with E-state index in [1.54, 1.807) is 18.2 Å². The lowest BCUT2D eigenvalue weighted by Crippen LogP contribution is -2.39. The number of nitrogens with zero attached hydrogens (tertiary/aromatic N) is 2. The molecule has 1 aliphatic rings. The van der Waals surface area contributed by atoms with Crippen LogP contribution in [0.25, 0.3) is 0 Å². The van der Waals surface area contributed by atoms with Crippen LogP contribution < -0.4 is 0 Å². The van der Waals surface area contributed by atoms with E-state index in [0.29, 0.717) is 6.41 Å². The summed E-state index contributed by atoms with van der Waals surface area (Å²) < 4.78 is 25.4. The average molecular weight is 252 g/mol. The van der Waals surface area contributed by atoms with Crippen LogP contribution in [0, 0.1) is 6.92 Å². The van der Waals surface area contributed by atoms with Gasteiger partial charge in [0.25, 0.3) is 10.0 Å². The van der Waals surface area contributed by atoms with Crippen molar-refractivity contribution in [2.75, 3.05) is 6.54 Å². The molecule has 0 spiro atoms. The SMILES string of the molecule is Cc1ccc(S(=O)(=O)N2CC=CN2C=O)cc1. The largest absolute Gasteiger partial charge is 0.277 e. The van der Waals surface area contributed by atoms with Crippen molar-refractivity contribution < 1.29 is 13.2 Å². The number of carbonyl (C=O) groups excluding carboxylic acids is 1. The van der Waals surface area contributed by atoms with Crippen molar-refractivity contribution in [3.05, 3.63) is 42.1 Å². The summed E-state index contributed by atoms with van der Waals surface area (Å²) in [5.74, 6) is 0. The maximum atomic E-state index is 12.2. The molecule has 0 atom stereocenters. The molecule has 0 saturated heterocycles. The van der Waals surface area contributed by atoms with Crippen molar-refractivity contribution in [2.24, 2.45) is 0 Å². The maximum Gasteiger partial charge on any atom is 0.260 e. The minimum Gasteiger partial charge on any atom is -0.277 e. The highest BCUT2D eigenvalue weighted by molar-refractivity contribution is 7.89. The minimum atomic E-state index is -3.65. The predicted molar refractivity (Wildman–Crippen MR) is 62.1 cm³/mol. The Kier molecular flexibility index (Phi) is 2.99. The lowest BCUT2D eigenvalue weighted by atomic mass is 10.2. The third-order valence-corrected chi connectivity index (χ3v) is 4.24. The van der Waals surface area contributed by atoms with Gasteiger partial charge in [-0.15, -0.1) is 0 Å². The Bertz CT molecular complexity index is 549. The molecule has 5 nitrogen and oxygen atoms in total. The molecule has 0 aromatic heterocycles. The summed E-state index contributed by atoms with van der Waals surface area (Å²) in [6, 6.07) is 6.52. The van der Waals surface area contributed by atoms with Crippen molar-refractivity contribution >= 4 is 16.4 Å². The van der Waals surface area contributed by atoms with Gasteiger partial charge >= 0.3 is 0 Å². The van der Waals surface area contributed by atoms with Crippen LogP contribution in [-0.2, 0) is 14.8 Å². The number of aryl methyl sites for hydroxylation is 1. The Hall–Kier alpha value is -1.66. The smallest absolute Gasteiger partial charge is 0.260 e. The van der Waals surface area contributed by atoms with Crippen LogP contribution in [0.4, 0.5) is 0 Å². The van der Waals surface area contributed by atoms with Gasteiger partial charge in [-0.25, -0.2) is 13.4 Å². The first kappa shape index (κ1) is 11.8. The van der Waals surface area contributed by atoms with Gasteiger partial charge in [-0.05, 0) is 25.1 Å². The van der Waals surface area contributed by atoms with E-state index in [9.17, 15) is 13.2 Å². The highest BCUT2D eigenvalue weighted by Crippen LogP contribution is 2.20. The Labute approximate surface area is 100.0 Å². The fraction of sp³-hybridized carbons (Fsp3) is 0.182. The zero-order chi connectivity index (χ0) is 12.5. The molecule has 0 saturated carbocycles. The zero-order valence-corrected chi connectivity index (χ0v) is 10.1. The molecule has 0 bridgehead atoms. The van der Waals surface area contributed by atoms with Gasteiger partial charge in [0.1, 0.15) is 0 Å². The molecule has 90 valence electrons. The third-order valence-electron chi connectivity index (χ3n) is 2.48. The maximum absolute atomic E-state index is 12.2. The molecule has 0 N–H and O–H groups in total. The number of hydrazine groups is 1. The summed E-state index contributed by atoms with van der Waals surface area (Å²) in [4.78, 5) is 10.9. The van der Waals surface area contributed by atoms with Gasteiger partial charge in [0.2, 0.25) is 6.41 Å². The van der Waals surface area contributed by atoms with E-state index >= 15 is 0 Å². The summed E-state index contributed by atoms with van der Waals surface area (Å²) >= 11 is 0. The van der Waals surface area contributed by atoms with Gasteiger partial charge in [0, 0.05) is 6.20 Å². The van der Waals surface area contributed by atoms with Gasteiger partial charge < -0.3 is 0 Å². The Balaban J connectivity index is 2.37. The molecule has 17 heavy (non-hydrogen) atoms. The van der Waals surface area contributed by atoms with Crippen LogP contribution in [-0.4, -0.2) is 30.8 Å². The number of rotatable bonds is 3. The van der Waals surface area contributed by atoms with E-state index in [4.69, 9.17) is 0 Å². The fourth-order valence-electron chi connectivity index (χ4n) is 1.56. The second-order valence-corrected chi connectivity index (χ2v) is 5.54. The van der Waals surface area contributed by atoms with Crippen LogP contribution in [0.15, 0.2) is 41.4 Å². The first-order chi connectivity index (χ1) is 8.05. The summed E-state index contributed by atoms with van der Waals surface area (Å²) in [5.41, 5.74) is 0.982. The van der Waals surface area contributed by atoms with Gasteiger partial charge in [-0.3, -0.25) is 4.79 Å². The van der Waals surface area contributed by atoms with Crippen molar-refractivity contribution in [3.63, 3.8) is 0 Å². The Morgan fingerprint density at radius 1 is 1.24 bits per heavy atom. The topological polar surface area (TPSA) is 57.7 Å². The molecule has 1 aromatic carbocycles. The minimum absolute atomic E-state index is 0.176. The molecule has 1 aliphatic heterocycles. The number of benzene rings is 1. The number of carbonyl (C=O) groups is 1. The number of sulfonamides is 1. The zero-order valence-electron chi connectivity index (χ0n) is 9.28. The van der Waals surface area contributed by atoms with Crippen molar-refractivity contribution in [3.8, 4) is 0 Å². The second-order valence-electron chi connectivity index (χ2n) is 3.69. The monoisotopic (exact) mass is 252 g/mol. The molecule has 0 radical (unpaired) electrons. The summed E-state index contributed by atoms with van der Waals surface area (Å²) in [6.45, 7) is 2.06. The van der Waals surface area contributed by atoms with Crippen LogP contribution in [0.1, 0.15) is 5.56 Å². The molecule has 0 aliphatic carbocycles. The third kappa shape index (κ3) is 2.09. The van der Waals surface area contributed by atoms with E-state index in [-0.39, 0.29) is 11.4 Å². The molecule has 1 aromatic rings. The molecule has 0 unspecified atom stereocenters. The average Bonchev–Trinajstić information content (AvgIpc) is 2.78. The summed E-state index contributed by atoms with van der Waals surface area (Å²) in [6.07, 6.45) is 3.51. The summed E-state index contributed by atoms with van der Waals surface area (Å²) in [7, 11) is -3.65. The lowest BCUT2D eigenvalue weighted by molar-refractivity contribution is -0.121. The highest BCUT2D eigenvalue weighted by Gasteiger charge is 2.30. The molecule has 6 heteroatoms. The van der Waals surface area contributed by atoms with Crippen molar-refractivity contribution in [1.82, 2.24) is 9.42 Å². The highest BCUT2D eigenvalue weighted by atomic mass is 32.2. The van der Waals surface area contributed by atoms with Crippen LogP contribution in [0.5, 0.6) is 0 Å². The molecule has 1 amide bonds. The van der Waals surface area contributed by atoms with Crippen LogP contribution >= 0.6 is 0 Å². The van der Waals surface area contributed by atoms with Crippen molar-refractivity contribution in [1.29, 1.82) is 0 Å². The van der Waals surface area contributed by atoms with E-state index in [0.717, 1.165) is 15.0 Å². The first-order valence-corrected chi connectivity index (χ1v) is 6.49. The van der Waals surface area contributed by atoms with Gasteiger partial charge in [-0.1, -0.05) is 22.1 Å². The lowest BCUT2D eigenvalue weighted by Gasteiger charge is -2.22. The number of amides is 1. The first-order valence-electron chi connectivity index (χ1n) is 5.05. The van der Waals surface area contributed by atoms with Gasteiger partial charge in [0.05, 0.1) is 11.4 Å². The van der Waals surface area contributed by atoms with E-state index < -0.39 is 10.0 Å². The number of hydrogen-bond acceptors (Lipinski definition) is 3. The van der Waals surface area contributed by atoms with Crippen molar-refractivity contribution in [2.45, 2.75) is 11.8 Å². The fourth-order valence-corrected chi connectivity index (χ4v) is 2.90. The van der Waals surface area contributed by atoms with Crippen LogP contribution in [0.2, 0.25) is 0 Å². The van der Waals surface area contributed by atoms with Gasteiger partial charge in [-0.2, -0.15) is 0 Å². The second kappa shape index (κ2) is 4.31. The quantitative estimate of drug-likeness (QED) is 0.751. The molecule has 0 fully saturated rings. The standard InChI is InChI=1S/C11H12N2O3S/c1-10-3-5-11(6-4-10)17(15,16)13-8-2-7-12(13)9-14/h2-7,9H,8H2,1H3. The predicted octanol–water partition coefficient (Wildman–Crippen LogP) is 0.886. The van der Waals surface area contributed by atoms with Crippen LogP contribution in [0.3, 0.4) is 0 Å². The van der Waals surface area contributed by atoms with E-state index in [1.807, 2.05) is 6.92 Å². The molecule has 2 rings (SSSR count). The molecular weight excluding hydrogens is 240 g/mol. The Morgan fingerprint density at radius 2 is 1.88 bits per heavy atom. The number of hydrogen-bond donors (Lipinski definition) is 0. The summed E-state index contributed by atoms with van der Waals surface area (Å²) in [5, 5.41) is 1.02. The molecule has 1 heterocycles. The van der Waals surface area contributed by atoms with E-state index in [1.165, 1.54) is 18.3 Å².